The number of rotatable bonds is 3. The van der Waals surface area contributed by atoms with Crippen LogP contribution in [0.4, 0.5) is 5.69 Å². The summed E-state index contributed by atoms with van der Waals surface area (Å²) in [6.45, 7) is 2.68. The summed E-state index contributed by atoms with van der Waals surface area (Å²) in [5.41, 5.74) is 2.60. The maximum atomic E-state index is 12.5. The minimum absolute atomic E-state index is 0.0350. The summed E-state index contributed by atoms with van der Waals surface area (Å²) in [5.74, 6) is 0.730. The fraction of sp³-hybridized carbons (Fsp3) is 0.294. The highest BCUT2D eigenvalue weighted by molar-refractivity contribution is 5.97. The molecule has 2 amide bonds. The highest BCUT2D eigenvalue weighted by atomic mass is 16.3. The number of nitrogens with zero attached hydrogens (tertiary/aromatic N) is 2. The molecule has 22 heavy (non-hydrogen) atoms. The summed E-state index contributed by atoms with van der Waals surface area (Å²) in [6.07, 6.45) is 2.39. The summed E-state index contributed by atoms with van der Waals surface area (Å²) < 4.78 is 5.27. The molecule has 0 N–H and O–H groups in total. The highest BCUT2D eigenvalue weighted by Crippen LogP contribution is 2.29. The molecular weight excluding hydrogens is 280 g/mol. The van der Waals surface area contributed by atoms with Crippen molar-refractivity contribution >= 4 is 17.5 Å². The zero-order chi connectivity index (χ0) is 15.7. The van der Waals surface area contributed by atoms with E-state index in [1.165, 1.54) is 0 Å². The van der Waals surface area contributed by atoms with Gasteiger partial charge >= 0.3 is 0 Å². The number of carbonyl (C=O) groups excluding carboxylic acids is 2. The van der Waals surface area contributed by atoms with Crippen molar-refractivity contribution in [3.05, 3.63) is 53.5 Å². The lowest BCUT2D eigenvalue weighted by molar-refractivity contribution is -0.116. The van der Waals surface area contributed by atoms with Crippen LogP contribution >= 0.6 is 0 Å². The Morgan fingerprint density at radius 1 is 1.32 bits per heavy atom. The molecule has 2 heterocycles. The number of amides is 2. The lowest BCUT2D eigenvalue weighted by atomic mass is 10.1. The van der Waals surface area contributed by atoms with Crippen molar-refractivity contribution in [1.82, 2.24) is 4.90 Å². The number of anilines is 1. The highest BCUT2D eigenvalue weighted by Gasteiger charge is 2.23. The summed E-state index contributed by atoms with van der Waals surface area (Å²) >= 11 is 0. The minimum Gasteiger partial charge on any atom is -0.467 e. The fourth-order valence-electron chi connectivity index (χ4n) is 2.79. The standard InChI is InChI=1S/C17H18N2O3/c1-12(20)19-8-7-13-10-14(5-6-16(13)19)17(21)18(2)11-15-4-3-9-22-15/h3-6,9-10H,7-8,11H2,1-2H3. The van der Waals surface area contributed by atoms with E-state index in [1.54, 1.807) is 42.2 Å². The van der Waals surface area contributed by atoms with Gasteiger partial charge in [-0.1, -0.05) is 0 Å². The van der Waals surface area contributed by atoms with Crippen molar-refractivity contribution in [2.45, 2.75) is 19.9 Å². The van der Waals surface area contributed by atoms with Crippen LogP contribution in [-0.4, -0.2) is 30.3 Å². The van der Waals surface area contributed by atoms with Crippen LogP contribution in [0.5, 0.6) is 0 Å². The molecule has 1 aromatic heterocycles. The van der Waals surface area contributed by atoms with E-state index < -0.39 is 0 Å². The Morgan fingerprint density at radius 2 is 2.14 bits per heavy atom. The van der Waals surface area contributed by atoms with Crippen LogP contribution in [0, 0.1) is 0 Å². The van der Waals surface area contributed by atoms with Crippen molar-refractivity contribution in [1.29, 1.82) is 0 Å². The zero-order valence-corrected chi connectivity index (χ0v) is 12.7. The zero-order valence-electron chi connectivity index (χ0n) is 12.7. The van der Waals surface area contributed by atoms with E-state index >= 15 is 0 Å². The van der Waals surface area contributed by atoms with Gasteiger partial charge in [-0.2, -0.15) is 0 Å². The first kappa shape index (κ1) is 14.4. The molecule has 0 bridgehead atoms. The van der Waals surface area contributed by atoms with Crippen LogP contribution in [-0.2, 0) is 17.8 Å². The van der Waals surface area contributed by atoms with Gasteiger partial charge in [-0.05, 0) is 42.3 Å². The Morgan fingerprint density at radius 3 is 2.82 bits per heavy atom. The third-order valence-corrected chi connectivity index (χ3v) is 3.92. The van der Waals surface area contributed by atoms with E-state index in [0.29, 0.717) is 18.7 Å². The second kappa shape index (κ2) is 5.67. The first-order valence-corrected chi connectivity index (χ1v) is 7.25. The Kier molecular flexibility index (Phi) is 3.71. The van der Waals surface area contributed by atoms with Crippen molar-refractivity contribution in [2.75, 3.05) is 18.5 Å². The summed E-state index contributed by atoms with van der Waals surface area (Å²) in [4.78, 5) is 27.4. The largest absolute Gasteiger partial charge is 0.467 e. The van der Waals surface area contributed by atoms with Crippen molar-refractivity contribution in [2.24, 2.45) is 0 Å². The van der Waals surface area contributed by atoms with Gasteiger partial charge in [0, 0.05) is 31.8 Å². The van der Waals surface area contributed by atoms with Crippen molar-refractivity contribution < 1.29 is 14.0 Å². The molecule has 3 rings (SSSR count). The molecule has 2 aromatic rings. The number of fused-ring (bicyclic) bond motifs is 1. The smallest absolute Gasteiger partial charge is 0.254 e. The lowest BCUT2D eigenvalue weighted by Gasteiger charge is -2.17. The van der Waals surface area contributed by atoms with Gasteiger partial charge in [0.05, 0.1) is 12.8 Å². The van der Waals surface area contributed by atoms with E-state index in [-0.39, 0.29) is 11.8 Å². The Balaban J connectivity index is 1.78. The first-order chi connectivity index (χ1) is 10.6. The second-order valence-electron chi connectivity index (χ2n) is 5.50. The molecule has 1 aliphatic rings. The molecular formula is C17H18N2O3. The molecule has 0 radical (unpaired) electrons. The van der Waals surface area contributed by atoms with Gasteiger partial charge in [-0.25, -0.2) is 0 Å². The molecule has 0 spiro atoms. The van der Waals surface area contributed by atoms with Gasteiger partial charge < -0.3 is 14.2 Å². The molecule has 0 aliphatic carbocycles. The summed E-state index contributed by atoms with van der Waals surface area (Å²) in [5, 5.41) is 0. The molecule has 1 aromatic carbocycles. The number of benzene rings is 1. The van der Waals surface area contributed by atoms with Gasteiger partial charge in [0.25, 0.3) is 5.91 Å². The third-order valence-electron chi connectivity index (χ3n) is 3.92. The summed E-state index contributed by atoms with van der Waals surface area (Å²) in [6, 6.07) is 9.18. The topological polar surface area (TPSA) is 53.8 Å². The van der Waals surface area contributed by atoms with Gasteiger partial charge in [-0.15, -0.1) is 0 Å². The molecule has 1 aliphatic heterocycles. The number of hydrogen-bond donors (Lipinski definition) is 0. The predicted molar refractivity (Wildman–Crippen MR) is 82.7 cm³/mol. The van der Waals surface area contributed by atoms with Gasteiger partial charge in [-0.3, -0.25) is 9.59 Å². The van der Waals surface area contributed by atoms with E-state index in [9.17, 15) is 9.59 Å². The van der Waals surface area contributed by atoms with Crippen LogP contribution in [0.1, 0.15) is 28.6 Å². The Bertz CT molecular complexity index is 707. The van der Waals surface area contributed by atoms with Gasteiger partial charge in [0.1, 0.15) is 5.76 Å². The molecule has 5 heteroatoms. The van der Waals surface area contributed by atoms with E-state index in [2.05, 4.69) is 0 Å². The van der Waals surface area contributed by atoms with Crippen LogP contribution in [0.25, 0.3) is 0 Å². The van der Waals surface area contributed by atoms with E-state index in [0.717, 1.165) is 23.4 Å². The second-order valence-corrected chi connectivity index (χ2v) is 5.50. The molecule has 0 unspecified atom stereocenters. The average molecular weight is 298 g/mol. The van der Waals surface area contributed by atoms with Crippen molar-refractivity contribution in [3.63, 3.8) is 0 Å². The third kappa shape index (κ3) is 2.62. The van der Waals surface area contributed by atoms with Crippen molar-refractivity contribution in [3.8, 4) is 0 Å². The quantitative estimate of drug-likeness (QED) is 0.874. The molecule has 0 saturated carbocycles. The van der Waals surface area contributed by atoms with Crippen LogP contribution < -0.4 is 4.90 Å². The van der Waals surface area contributed by atoms with E-state index in [4.69, 9.17) is 4.42 Å². The number of furan rings is 1. The van der Waals surface area contributed by atoms with Gasteiger partial charge in [0.2, 0.25) is 5.91 Å². The molecule has 0 saturated heterocycles. The molecule has 0 atom stereocenters. The average Bonchev–Trinajstić information content (AvgIpc) is 3.14. The van der Waals surface area contributed by atoms with Gasteiger partial charge in [0.15, 0.2) is 0 Å². The predicted octanol–water partition coefficient (Wildman–Crippen LogP) is 2.46. The van der Waals surface area contributed by atoms with Crippen LogP contribution in [0.15, 0.2) is 41.0 Å². The SMILES string of the molecule is CC(=O)N1CCc2cc(C(=O)N(C)Cc3ccco3)ccc21. The Hall–Kier alpha value is -2.56. The maximum absolute atomic E-state index is 12.5. The monoisotopic (exact) mass is 298 g/mol. The molecule has 5 nitrogen and oxygen atoms in total. The maximum Gasteiger partial charge on any atom is 0.254 e. The fourth-order valence-corrected chi connectivity index (χ4v) is 2.79. The first-order valence-electron chi connectivity index (χ1n) is 7.25. The minimum atomic E-state index is -0.0551. The summed E-state index contributed by atoms with van der Waals surface area (Å²) in [7, 11) is 1.75. The van der Waals surface area contributed by atoms with E-state index in [1.807, 2.05) is 18.2 Å². The number of carbonyl (C=O) groups is 2. The van der Waals surface area contributed by atoms with Crippen LogP contribution in [0.2, 0.25) is 0 Å². The Labute approximate surface area is 129 Å². The molecule has 114 valence electrons. The lowest BCUT2D eigenvalue weighted by Crippen LogP contribution is -2.26. The normalized spacial score (nSPS) is 13.1. The van der Waals surface area contributed by atoms with Crippen LogP contribution in [0.3, 0.4) is 0 Å². The number of hydrogen-bond acceptors (Lipinski definition) is 3. The molecule has 0 fully saturated rings.